The maximum Gasteiger partial charge on any atom is 0.180 e. The van der Waals surface area contributed by atoms with Crippen LogP contribution < -0.4 is 25.6 Å². The van der Waals surface area contributed by atoms with Gasteiger partial charge in [-0.3, -0.25) is 0 Å². The first-order chi connectivity index (χ1) is 34.2. The van der Waals surface area contributed by atoms with Crippen molar-refractivity contribution in [3.63, 3.8) is 0 Å². The van der Waals surface area contributed by atoms with Crippen molar-refractivity contribution in [1.82, 2.24) is 0 Å². The molecule has 11 aromatic carbocycles. The highest BCUT2D eigenvalue weighted by atomic mass is 32.1. The van der Waals surface area contributed by atoms with Gasteiger partial charge in [-0.25, -0.2) is 0 Å². The van der Waals surface area contributed by atoms with E-state index in [0.717, 1.165) is 60.9 Å². The summed E-state index contributed by atoms with van der Waals surface area (Å²) in [6, 6.07) is 87.1. The van der Waals surface area contributed by atoms with Crippen molar-refractivity contribution < 1.29 is 8.83 Å². The van der Waals surface area contributed by atoms with Crippen LogP contribution in [0.15, 0.2) is 245 Å². The first kappa shape index (κ1) is 38.6. The van der Waals surface area contributed by atoms with E-state index in [4.69, 9.17) is 8.83 Å². The Labute approximate surface area is 402 Å². The lowest BCUT2D eigenvalue weighted by Gasteiger charge is -2.31. The normalized spacial score (nSPS) is 13.0. The van der Waals surface area contributed by atoms with Gasteiger partial charge >= 0.3 is 0 Å². The average molecular weight is 914 g/mol. The van der Waals surface area contributed by atoms with Gasteiger partial charge in [-0.2, -0.15) is 0 Å². The van der Waals surface area contributed by atoms with Gasteiger partial charge in [0.05, 0.1) is 0 Å². The fraction of sp³-hybridized carbons (Fsp3) is 0. The SMILES string of the molecule is c1ccc([Si]2(c3ccccc3)c3ccccc3-c3c2ccc2ccc4sc5cccc(-c6ccc(N(c7ccc8c(c7)oc7ccccc78)c7ccc8c(c7)oc7ccccc78)cc6)c5c4c32)cc1. The van der Waals surface area contributed by atoms with Crippen LogP contribution in [-0.4, -0.2) is 8.07 Å². The summed E-state index contributed by atoms with van der Waals surface area (Å²) < 4.78 is 15.5. The lowest BCUT2D eigenvalue weighted by Crippen LogP contribution is -2.72. The predicted octanol–water partition coefficient (Wildman–Crippen LogP) is 15.5. The van der Waals surface area contributed by atoms with Gasteiger partial charge in [0.1, 0.15) is 22.3 Å². The maximum absolute atomic E-state index is 6.46. The Hall–Kier alpha value is -8.48. The summed E-state index contributed by atoms with van der Waals surface area (Å²) in [6.07, 6.45) is 0. The van der Waals surface area contributed by atoms with Crippen molar-refractivity contribution in [3.05, 3.63) is 237 Å². The standard InChI is InChI=1S/C64H39NO2SSi/c1-3-14-45(15-4-1)69(46-16-5-2-6-17-46)59-25-12-9-20-52(59)63-60(69)37-29-41-28-36-58-64(61(41)63)62-47(21-13-24-57(62)68-58)40-26-30-42(31-27-40)65(43-32-34-50-48-18-7-10-22-53(48)66-55(50)38-43)44-33-35-51-49-19-8-11-23-54(49)67-56(51)39-44/h1-39H. The highest BCUT2D eigenvalue weighted by molar-refractivity contribution is 7.26. The fourth-order valence-electron chi connectivity index (χ4n) is 11.8. The molecule has 3 nitrogen and oxygen atoms in total. The molecule has 0 spiro atoms. The topological polar surface area (TPSA) is 29.5 Å². The van der Waals surface area contributed by atoms with Gasteiger partial charge in [0.15, 0.2) is 8.07 Å². The second-order valence-corrected chi connectivity index (χ2v) is 23.1. The van der Waals surface area contributed by atoms with E-state index in [1.807, 2.05) is 35.6 Å². The minimum absolute atomic E-state index is 0.852. The van der Waals surface area contributed by atoms with E-state index in [1.165, 1.54) is 73.9 Å². The molecule has 0 aliphatic carbocycles. The Morgan fingerprint density at radius 3 is 1.55 bits per heavy atom. The van der Waals surface area contributed by atoms with E-state index in [0.29, 0.717) is 0 Å². The van der Waals surface area contributed by atoms with Crippen LogP contribution in [0.3, 0.4) is 0 Å². The van der Waals surface area contributed by atoms with E-state index in [9.17, 15) is 0 Å². The smallest absolute Gasteiger partial charge is 0.180 e. The van der Waals surface area contributed by atoms with E-state index >= 15 is 0 Å². The summed E-state index contributed by atoms with van der Waals surface area (Å²) in [5.74, 6) is 0. The largest absolute Gasteiger partial charge is 0.456 e. The lowest BCUT2D eigenvalue weighted by molar-refractivity contribution is 0.669. The van der Waals surface area contributed by atoms with Gasteiger partial charge in [0.2, 0.25) is 0 Å². The van der Waals surface area contributed by atoms with E-state index < -0.39 is 8.07 Å². The molecular formula is C64H39NO2SSi. The number of hydrogen-bond donors (Lipinski definition) is 0. The number of rotatable bonds is 6. The number of fused-ring (bicyclic) bond motifs is 15. The van der Waals surface area contributed by atoms with Crippen molar-refractivity contribution >= 4 is 132 Å². The molecule has 1 aliphatic heterocycles. The summed E-state index contributed by atoms with van der Waals surface area (Å²) in [4.78, 5) is 2.31. The summed E-state index contributed by atoms with van der Waals surface area (Å²) in [6.45, 7) is 0. The number of thiophene rings is 1. The molecule has 15 rings (SSSR count). The third kappa shape index (κ3) is 5.54. The Kier molecular flexibility index (Phi) is 8.26. The molecule has 322 valence electrons. The fourth-order valence-corrected chi connectivity index (χ4v) is 18.2. The number of para-hydroxylation sites is 2. The molecule has 1 aliphatic rings. The van der Waals surface area contributed by atoms with Crippen LogP contribution in [0, 0.1) is 0 Å². The van der Waals surface area contributed by atoms with Crippen molar-refractivity contribution in [2.24, 2.45) is 0 Å². The van der Waals surface area contributed by atoms with Gasteiger partial charge in [-0.05, 0) is 114 Å². The molecule has 5 heteroatoms. The van der Waals surface area contributed by atoms with E-state index in [-0.39, 0.29) is 0 Å². The van der Waals surface area contributed by atoms with E-state index in [2.05, 4.69) is 217 Å². The summed E-state index contributed by atoms with van der Waals surface area (Å²) >= 11 is 1.90. The molecule has 3 aromatic heterocycles. The van der Waals surface area contributed by atoms with Crippen LogP contribution in [0.1, 0.15) is 0 Å². The van der Waals surface area contributed by atoms with Crippen LogP contribution >= 0.6 is 11.3 Å². The van der Waals surface area contributed by atoms with Crippen LogP contribution in [-0.2, 0) is 0 Å². The Morgan fingerprint density at radius 1 is 0.348 bits per heavy atom. The third-order valence-electron chi connectivity index (χ3n) is 14.7. The van der Waals surface area contributed by atoms with Crippen LogP contribution in [0.4, 0.5) is 17.1 Å². The second kappa shape index (κ2) is 14.8. The molecule has 0 saturated carbocycles. The van der Waals surface area contributed by atoms with Crippen molar-refractivity contribution in [1.29, 1.82) is 0 Å². The lowest BCUT2D eigenvalue weighted by atomic mass is 9.92. The Bertz CT molecular complexity index is 4220. The molecule has 0 radical (unpaired) electrons. The van der Waals surface area contributed by atoms with Gasteiger partial charge in [0.25, 0.3) is 0 Å². The quantitative estimate of drug-likeness (QED) is 0.156. The zero-order valence-electron chi connectivity index (χ0n) is 37.2. The van der Waals surface area contributed by atoms with Gasteiger partial charge in [-0.15, -0.1) is 11.3 Å². The zero-order valence-corrected chi connectivity index (χ0v) is 39.0. The van der Waals surface area contributed by atoms with Crippen LogP contribution in [0.25, 0.3) is 97.1 Å². The van der Waals surface area contributed by atoms with Crippen molar-refractivity contribution in [2.45, 2.75) is 0 Å². The average Bonchev–Trinajstić information content (AvgIpc) is 4.17. The molecule has 0 fully saturated rings. The van der Waals surface area contributed by atoms with Crippen LogP contribution in [0.2, 0.25) is 0 Å². The molecule has 4 heterocycles. The molecule has 0 bridgehead atoms. The van der Waals surface area contributed by atoms with Gasteiger partial charge < -0.3 is 13.7 Å². The molecular weight excluding hydrogens is 875 g/mol. The number of furan rings is 2. The summed E-state index contributed by atoms with van der Waals surface area (Å²) in [5.41, 5.74) is 11.7. The van der Waals surface area contributed by atoms with Gasteiger partial charge in [0, 0.05) is 70.9 Å². The number of benzene rings is 11. The first-order valence-corrected chi connectivity index (χ1v) is 26.4. The molecule has 0 N–H and O–H groups in total. The molecule has 0 amide bonds. The van der Waals surface area contributed by atoms with Crippen molar-refractivity contribution in [3.8, 4) is 22.3 Å². The molecule has 0 atom stereocenters. The Morgan fingerprint density at radius 2 is 0.884 bits per heavy atom. The second-order valence-electron chi connectivity index (χ2n) is 18.3. The minimum Gasteiger partial charge on any atom is -0.456 e. The maximum atomic E-state index is 6.46. The highest BCUT2D eigenvalue weighted by Gasteiger charge is 2.49. The monoisotopic (exact) mass is 913 g/mol. The first-order valence-electron chi connectivity index (χ1n) is 23.6. The molecule has 69 heavy (non-hydrogen) atoms. The van der Waals surface area contributed by atoms with Crippen molar-refractivity contribution in [2.75, 3.05) is 4.90 Å². The Balaban J connectivity index is 0.934. The number of nitrogens with zero attached hydrogens (tertiary/aromatic N) is 1. The molecule has 0 saturated heterocycles. The van der Waals surface area contributed by atoms with E-state index in [1.54, 1.807) is 0 Å². The molecule has 14 aromatic rings. The number of anilines is 3. The van der Waals surface area contributed by atoms with Crippen LogP contribution in [0.5, 0.6) is 0 Å². The summed E-state index contributed by atoms with van der Waals surface area (Å²) in [5, 5.41) is 15.4. The van der Waals surface area contributed by atoms with Gasteiger partial charge in [-0.1, -0.05) is 164 Å². The zero-order chi connectivity index (χ0) is 45.2. The molecule has 0 unspecified atom stereocenters. The third-order valence-corrected chi connectivity index (χ3v) is 20.7. The predicted molar refractivity (Wildman–Crippen MR) is 294 cm³/mol. The number of hydrogen-bond acceptors (Lipinski definition) is 4. The summed E-state index contributed by atoms with van der Waals surface area (Å²) in [7, 11) is -2.69. The minimum atomic E-state index is -2.69. The highest BCUT2D eigenvalue weighted by Crippen LogP contribution is 2.48.